The van der Waals surface area contributed by atoms with Crippen LogP contribution in [0.1, 0.15) is 12.8 Å². The van der Waals surface area contributed by atoms with Gasteiger partial charge in [-0.2, -0.15) is 0 Å². The highest BCUT2D eigenvalue weighted by atomic mass is 16.5. The van der Waals surface area contributed by atoms with Gasteiger partial charge in [-0.15, -0.1) is 0 Å². The molecule has 0 bridgehead atoms. The first kappa shape index (κ1) is 19.4. The number of ether oxygens (including phenoxy) is 3. The summed E-state index contributed by atoms with van der Waals surface area (Å²) < 4.78 is 16.7. The highest BCUT2D eigenvalue weighted by Crippen LogP contribution is 2.38. The highest BCUT2D eigenvalue weighted by molar-refractivity contribution is 6.06. The molecule has 154 valence electrons. The van der Waals surface area contributed by atoms with E-state index in [-0.39, 0.29) is 5.91 Å². The molecule has 2 N–H and O–H groups in total. The predicted octanol–water partition coefficient (Wildman–Crippen LogP) is 2.98. The molecule has 0 unspecified atom stereocenters. The molecule has 0 saturated carbocycles. The van der Waals surface area contributed by atoms with Gasteiger partial charge in [-0.05, 0) is 37.1 Å². The van der Waals surface area contributed by atoms with Gasteiger partial charge in [0.2, 0.25) is 11.7 Å². The first-order valence-electron chi connectivity index (χ1n) is 9.90. The summed E-state index contributed by atoms with van der Waals surface area (Å²) in [5.74, 6) is 1.99. The Kier molecular flexibility index (Phi) is 5.49. The SMILES string of the molecule is COc1cccc(OC)c1OCCN1CCC2(CC1)Nc1ccccc1NC2=O. The lowest BCUT2D eigenvalue weighted by molar-refractivity contribution is -0.122. The van der Waals surface area contributed by atoms with Crippen LogP contribution in [0.25, 0.3) is 0 Å². The number of piperidine rings is 1. The number of nitrogens with zero attached hydrogens (tertiary/aromatic N) is 1. The Bertz CT molecular complexity index is 856. The van der Waals surface area contributed by atoms with Crippen LogP contribution in [0, 0.1) is 0 Å². The van der Waals surface area contributed by atoms with Crippen LogP contribution in [-0.2, 0) is 4.79 Å². The Morgan fingerprint density at radius 2 is 1.62 bits per heavy atom. The maximum atomic E-state index is 12.7. The predicted molar refractivity (Wildman–Crippen MR) is 112 cm³/mol. The lowest BCUT2D eigenvalue weighted by atomic mass is 9.84. The van der Waals surface area contributed by atoms with Gasteiger partial charge in [0.1, 0.15) is 12.1 Å². The number of nitrogens with one attached hydrogen (secondary N) is 2. The number of methoxy groups -OCH3 is 2. The summed E-state index contributed by atoms with van der Waals surface area (Å²) in [6, 6.07) is 13.4. The minimum atomic E-state index is -0.530. The van der Waals surface area contributed by atoms with E-state index in [9.17, 15) is 4.79 Å². The van der Waals surface area contributed by atoms with Crippen molar-refractivity contribution in [3.63, 3.8) is 0 Å². The van der Waals surface area contributed by atoms with Crippen molar-refractivity contribution in [3.05, 3.63) is 42.5 Å². The van der Waals surface area contributed by atoms with Gasteiger partial charge in [-0.1, -0.05) is 18.2 Å². The number of rotatable bonds is 6. The van der Waals surface area contributed by atoms with E-state index < -0.39 is 5.54 Å². The molecule has 0 aromatic heterocycles. The summed E-state index contributed by atoms with van der Waals surface area (Å²) >= 11 is 0. The monoisotopic (exact) mass is 397 g/mol. The Morgan fingerprint density at radius 1 is 0.966 bits per heavy atom. The Labute approximate surface area is 170 Å². The van der Waals surface area contributed by atoms with E-state index >= 15 is 0 Å². The summed E-state index contributed by atoms with van der Waals surface area (Å²) in [5.41, 5.74) is 1.31. The average Bonchev–Trinajstić information content (AvgIpc) is 2.76. The van der Waals surface area contributed by atoms with Crippen LogP contribution in [0.15, 0.2) is 42.5 Å². The molecule has 7 heteroatoms. The molecular formula is C22H27N3O4. The van der Waals surface area contributed by atoms with E-state index in [0.29, 0.717) is 23.9 Å². The number of carbonyl (C=O) groups excluding carboxylic acids is 1. The summed E-state index contributed by atoms with van der Waals surface area (Å²) in [6.07, 6.45) is 1.51. The quantitative estimate of drug-likeness (QED) is 0.781. The zero-order chi connectivity index (χ0) is 20.3. The molecule has 2 aliphatic rings. The summed E-state index contributed by atoms with van der Waals surface area (Å²) in [6.45, 7) is 2.95. The maximum absolute atomic E-state index is 12.7. The van der Waals surface area contributed by atoms with Crippen molar-refractivity contribution in [2.75, 3.05) is 51.1 Å². The molecule has 7 nitrogen and oxygen atoms in total. The smallest absolute Gasteiger partial charge is 0.250 e. The number of hydrogen-bond acceptors (Lipinski definition) is 6. The van der Waals surface area contributed by atoms with Crippen LogP contribution in [0.5, 0.6) is 17.2 Å². The fraction of sp³-hybridized carbons (Fsp3) is 0.409. The van der Waals surface area contributed by atoms with E-state index in [4.69, 9.17) is 14.2 Å². The molecule has 2 heterocycles. The summed E-state index contributed by atoms with van der Waals surface area (Å²) in [7, 11) is 3.23. The second kappa shape index (κ2) is 8.21. The first-order chi connectivity index (χ1) is 14.1. The number of hydrogen-bond donors (Lipinski definition) is 2. The zero-order valence-corrected chi connectivity index (χ0v) is 16.9. The van der Waals surface area contributed by atoms with Crippen molar-refractivity contribution in [2.24, 2.45) is 0 Å². The lowest BCUT2D eigenvalue weighted by Gasteiger charge is -2.44. The van der Waals surface area contributed by atoms with Gasteiger partial charge in [-0.25, -0.2) is 0 Å². The van der Waals surface area contributed by atoms with Crippen molar-refractivity contribution >= 4 is 17.3 Å². The normalized spacial score (nSPS) is 17.8. The Hall–Kier alpha value is -2.93. The molecule has 2 aromatic carbocycles. The molecule has 0 radical (unpaired) electrons. The van der Waals surface area contributed by atoms with Crippen molar-refractivity contribution < 1.29 is 19.0 Å². The standard InChI is InChI=1S/C22H27N3O4/c1-27-18-8-5-9-19(28-2)20(18)29-15-14-25-12-10-22(11-13-25)21(26)23-16-6-3-4-7-17(16)24-22/h3-9,24H,10-15H2,1-2H3,(H,23,26). The van der Waals surface area contributed by atoms with Crippen LogP contribution in [0.2, 0.25) is 0 Å². The van der Waals surface area contributed by atoms with Crippen molar-refractivity contribution in [3.8, 4) is 17.2 Å². The number of carbonyl (C=O) groups is 1. The number of fused-ring (bicyclic) bond motifs is 1. The van der Waals surface area contributed by atoms with Gasteiger partial charge in [0.15, 0.2) is 11.5 Å². The molecule has 1 fully saturated rings. The third-order valence-electron chi connectivity index (χ3n) is 5.73. The van der Waals surface area contributed by atoms with Gasteiger partial charge >= 0.3 is 0 Å². The second-order valence-electron chi connectivity index (χ2n) is 7.39. The third kappa shape index (κ3) is 3.82. The largest absolute Gasteiger partial charge is 0.493 e. The van der Waals surface area contributed by atoms with Crippen LogP contribution < -0.4 is 24.8 Å². The van der Waals surface area contributed by atoms with Crippen molar-refractivity contribution in [1.82, 2.24) is 4.90 Å². The summed E-state index contributed by atoms with van der Waals surface area (Å²) in [4.78, 5) is 15.1. The van der Waals surface area contributed by atoms with Crippen LogP contribution in [-0.4, -0.2) is 56.8 Å². The van der Waals surface area contributed by atoms with Gasteiger partial charge in [-0.3, -0.25) is 9.69 Å². The molecule has 2 aliphatic heterocycles. The van der Waals surface area contributed by atoms with Crippen LogP contribution in [0.3, 0.4) is 0 Å². The molecule has 1 spiro atoms. The number of benzene rings is 2. The third-order valence-corrected chi connectivity index (χ3v) is 5.73. The molecule has 0 atom stereocenters. The number of para-hydroxylation sites is 3. The van der Waals surface area contributed by atoms with E-state index in [1.165, 1.54) is 0 Å². The molecule has 4 rings (SSSR count). The molecule has 1 amide bonds. The molecule has 2 aromatic rings. The van der Waals surface area contributed by atoms with Gasteiger partial charge < -0.3 is 24.8 Å². The van der Waals surface area contributed by atoms with E-state index in [2.05, 4.69) is 15.5 Å². The van der Waals surface area contributed by atoms with E-state index in [0.717, 1.165) is 43.9 Å². The van der Waals surface area contributed by atoms with Crippen molar-refractivity contribution in [2.45, 2.75) is 18.4 Å². The van der Waals surface area contributed by atoms with Gasteiger partial charge in [0.25, 0.3) is 0 Å². The second-order valence-corrected chi connectivity index (χ2v) is 7.39. The highest BCUT2D eigenvalue weighted by Gasteiger charge is 2.44. The average molecular weight is 397 g/mol. The van der Waals surface area contributed by atoms with Crippen LogP contribution >= 0.6 is 0 Å². The minimum Gasteiger partial charge on any atom is -0.493 e. The Balaban J connectivity index is 1.33. The van der Waals surface area contributed by atoms with Gasteiger partial charge in [0.05, 0.1) is 25.6 Å². The number of anilines is 2. The summed E-state index contributed by atoms with van der Waals surface area (Å²) in [5, 5.41) is 6.54. The lowest BCUT2D eigenvalue weighted by Crippen LogP contribution is -2.58. The number of amides is 1. The van der Waals surface area contributed by atoms with E-state index in [1.54, 1.807) is 14.2 Å². The number of likely N-dealkylation sites (tertiary alicyclic amines) is 1. The van der Waals surface area contributed by atoms with Gasteiger partial charge in [0, 0.05) is 19.6 Å². The molecule has 1 saturated heterocycles. The Morgan fingerprint density at radius 3 is 2.28 bits per heavy atom. The fourth-order valence-corrected chi connectivity index (χ4v) is 4.00. The minimum absolute atomic E-state index is 0.0610. The molecule has 0 aliphatic carbocycles. The maximum Gasteiger partial charge on any atom is 0.250 e. The van der Waals surface area contributed by atoms with Crippen molar-refractivity contribution in [1.29, 1.82) is 0 Å². The van der Waals surface area contributed by atoms with Crippen LogP contribution in [0.4, 0.5) is 11.4 Å². The fourth-order valence-electron chi connectivity index (χ4n) is 4.00. The molecule has 29 heavy (non-hydrogen) atoms. The molecular weight excluding hydrogens is 370 g/mol. The zero-order valence-electron chi connectivity index (χ0n) is 16.9. The first-order valence-corrected chi connectivity index (χ1v) is 9.90. The van der Waals surface area contributed by atoms with E-state index in [1.807, 2.05) is 42.5 Å². The topological polar surface area (TPSA) is 72.1 Å².